The van der Waals surface area contributed by atoms with Crippen molar-refractivity contribution in [3.63, 3.8) is 0 Å². The predicted molar refractivity (Wildman–Crippen MR) is 106 cm³/mol. The molecule has 11 nitrogen and oxygen atoms in total. The highest BCUT2D eigenvalue weighted by Gasteiger charge is 2.39. The van der Waals surface area contributed by atoms with E-state index >= 15 is 0 Å². The number of aliphatic hydroxyl groups is 2. The Kier molecular flexibility index (Phi) is 10.4. The van der Waals surface area contributed by atoms with E-state index in [1.807, 2.05) is 6.26 Å². The second-order valence-electron chi connectivity index (χ2n) is 6.89. The highest BCUT2D eigenvalue weighted by atomic mass is 32.2. The molecule has 7 N–H and O–H groups in total. The maximum absolute atomic E-state index is 12.7. The van der Waals surface area contributed by atoms with Gasteiger partial charge in [0.25, 0.3) is 0 Å². The van der Waals surface area contributed by atoms with E-state index in [4.69, 9.17) is 5.73 Å². The number of thioether (sulfide) groups is 1. The highest BCUT2D eigenvalue weighted by molar-refractivity contribution is 7.98. The van der Waals surface area contributed by atoms with E-state index < -0.39 is 60.6 Å². The van der Waals surface area contributed by atoms with E-state index in [1.165, 1.54) is 18.7 Å². The second-order valence-corrected chi connectivity index (χ2v) is 7.87. The summed E-state index contributed by atoms with van der Waals surface area (Å²) in [5, 5.41) is 33.3. The Balaban J connectivity index is 2.80. The standard InChI is InChI=1S/C17H30N4O7S/c1-9(23)13(16(26)21-6-3-4-12(21)17(27)28)20-15(25)11(8-22)19-14(24)10(18)5-7-29-2/h9-13,22-23H,3-8,18H2,1-2H3,(H,19,24)(H,20,25)(H,27,28). The van der Waals surface area contributed by atoms with Crippen molar-refractivity contribution in [3.8, 4) is 0 Å². The summed E-state index contributed by atoms with van der Waals surface area (Å²) in [6, 6.07) is -4.67. The van der Waals surface area contributed by atoms with E-state index in [-0.39, 0.29) is 13.0 Å². The smallest absolute Gasteiger partial charge is 0.326 e. The first-order valence-corrected chi connectivity index (χ1v) is 10.7. The Labute approximate surface area is 173 Å². The van der Waals surface area contributed by atoms with Crippen molar-refractivity contribution in [3.05, 3.63) is 0 Å². The molecule has 3 amide bonds. The summed E-state index contributed by atoms with van der Waals surface area (Å²) < 4.78 is 0. The number of carbonyl (C=O) groups is 4. The number of likely N-dealkylation sites (tertiary alicyclic amines) is 1. The molecule has 1 saturated heterocycles. The first kappa shape index (κ1) is 25.1. The van der Waals surface area contributed by atoms with Crippen molar-refractivity contribution in [2.45, 2.75) is 56.5 Å². The molecule has 12 heteroatoms. The summed E-state index contributed by atoms with van der Waals surface area (Å²) in [6.07, 6.45) is 1.70. The molecular weight excluding hydrogens is 404 g/mol. The lowest BCUT2D eigenvalue weighted by Crippen LogP contribution is -2.60. The summed E-state index contributed by atoms with van der Waals surface area (Å²) in [4.78, 5) is 49.7. The first-order chi connectivity index (χ1) is 13.6. The van der Waals surface area contributed by atoms with E-state index in [9.17, 15) is 34.5 Å². The summed E-state index contributed by atoms with van der Waals surface area (Å²) >= 11 is 1.51. The average Bonchev–Trinajstić information content (AvgIpc) is 3.17. The predicted octanol–water partition coefficient (Wildman–Crippen LogP) is -2.51. The summed E-state index contributed by atoms with van der Waals surface area (Å²) in [7, 11) is 0. The Morgan fingerprint density at radius 3 is 2.41 bits per heavy atom. The first-order valence-electron chi connectivity index (χ1n) is 9.31. The number of aliphatic carboxylic acids is 1. The van der Waals surface area contributed by atoms with Gasteiger partial charge in [-0.1, -0.05) is 0 Å². The van der Waals surface area contributed by atoms with E-state index in [0.717, 1.165) is 4.90 Å². The number of amides is 3. The molecule has 29 heavy (non-hydrogen) atoms. The van der Waals surface area contributed by atoms with Gasteiger partial charge >= 0.3 is 5.97 Å². The number of nitrogens with one attached hydrogen (secondary N) is 2. The number of carboxylic acid groups (broad SMARTS) is 1. The molecule has 5 unspecified atom stereocenters. The van der Waals surface area contributed by atoms with Crippen molar-refractivity contribution in [1.82, 2.24) is 15.5 Å². The van der Waals surface area contributed by atoms with Crippen LogP contribution in [0, 0.1) is 0 Å². The van der Waals surface area contributed by atoms with Crippen molar-refractivity contribution in [2.24, 2.45) is 5.73 Å². The molecular formula is C17H30N4O7S. The molecule has 0 spiro atoms. The number of carboxylic acids is 1. The van der Waals surface area contributed by atoms with Crippen LogP contribution in [-0.2, 0) is 19.2 Å². The summed E-state index contributed by atoms with van der Waals surface area (Å²) in [5.74, 6) is -2.77. The van der Waals surface area contributed by atoms with Gasteiger partial charge in [0.1, 0.15) is 18.1 Å². The topological polar surface area (TPSA) is 182 Å². The molecule has 0 aromatic carbocycles. The molecule has 1 aliphatic heterocycles. The molecule has 0 aliphatic carbocycles. The third kappa shape index (κ3) is 7.14. The van der Waals surface area contributed by atoms with Crippen LogP contribution >= 0.6 is 11.8 Å². The van der Waals surface area contributed by atoms with Crippen LogP contribution < -0.4 is 16.4 Å². The van der Waals surface area contributed by atoms with Crippen LogP contribution in [0.4, 0.5) is 0 Å². The van der Waals surface area contributed by atoms with Crippen LogP contribution in [-0.4, -0.2) is 99.3 Å². The van der Waals surface area contributed by atoms with E-state index in [1.54, 1.807) is 0 Å². The van der Waals surface area contributed by atoms with Gasteiger partial charge in [-0.3, -0.25) is 14.4 Å². The Hall–Kier alpha value is -1.89. The molecule has 0 aromatic heterocycles. The van der Waals surface area contributed by atoms with Gasteiger partial charge in [0, 0.05) is 6.54 Å². The van der Waals surface area contributed by atoms with Gasteiger partial charge in [0.05, 0.1) is 18.8 Å². The van der Waals surface area contributed by atoms with Gasteiger partial charge in [0.2, 0.25) is 17.7 Å². The number of hydrogen-bond acceptors (Lipinski definition) is 8. The van der Waals surface area contributed by atoms with Gasteiger partial charge in [0.15, 0.2) is 0 Å². The van der Waals surface area contributed by atoms with E-state index in [2.05, 4.69) is 10.6 Å². The molecule has 0 radical (unpaired) electrons. The minimum atomic E-state index is -1.42. The minimum Gasteiger partial charge on any atom is -0.480 e. The highest BCUT2D eigenvalue weighted by Crippen LogP contribution is 2.19. The van der Waals surface area contributed by atoms with Crippen LogP contribution in [0.3, 0.4) is 0 Å². The number of aliphatic hydroxyl groups excluding tert-OH is 2. The number of nitrogens with zero attached hydrogens (tertiary/aromatic N) is 1. The molecule has 1 rings (SSSR count). The lowest BCUT2D eigenvalue weighted by molar-refractivity contribution is -0.150. The molecule has 0 aromatic rings. The monoisotopic (exact) mass is 434 g/mol. The SMILES string of the molecule is CSCCC(N)C(=O)NC(CO)C(=O)NC(C(=O)N1CCCC1C(=O)O)C(C)O. The second kappa shape index (κ2) is 12.0. The number of rotatable bonds is 11. The Morgan fingerprint density at radius 1 is 1.24 bits per heavy atom. The molecule has 0 saturated carbocycles. The quantitative estimate of drug-likeness (QED) is 0.204. The van der Waals surface area contributed by atoms with Gasteiger partial charge < -0.3 is 36.6 Å². The van der Waals surface area contributed by atoms with E-state index in [0.29, 0.717) is 18.6 Å². The lowest BCUT2D eigenvalue weighted by Gasteiger charge is -2.30. The fraction of sp³-hybridized carbons (Fsp3) is 0.765. The summed E-state index contributed by atoms with van der Waals surface area (Å²) in [5.41, 5.74) is 5.74. The van der Waals surface area contributed by atoms with Gasteiger partial charge in [-0.25, -0.2) is 4.79 Å². The normalized spacial score (nSPS) is 20.4. The zero-order valence-corrected chi connectivity index (χ0v) is 17.4. The van der Waals surface area contributed by atoms with Crippen molar-refractivity contribution >= 4 is 35.5 Å². The third-order valence-electron chi connectivity index (χ3n) is 4.65. The van der Waals surface area contributed by atoms with Gasteiger partial charge in [-0.15, -0.1) is 0 Å². The fourth-order valence-corrected chi connectivity index (χ4v) is 3.45. The average molecular weight is 435 g/mol. The maximum atomic E-state index is 12.7. The Morgan fingerprint density at radius 2 is 1.90 bits per heavy atom. The fourth-order valence-electron chi connectivity index (χ4n) is 2.96. The third-order valence-corrected chi connectivity index (χ3v) is 5.30. The molecule has 0 bridgehead atoms. The molecule has 1 fully saturated rings. The summed E-state index contributed by atoms with van der Waals surface area (Å²) in [6.45, 7) is 0.730. The van der Waals surface area contributed by atoms with Crippen molar-refractivity contribution in [2.75, 3.05) is 25.2 Å². The minimum absolute atomic E-state index is 0.194. The zero-order valence-electron chi connectivity index (χ0n) is 16.5. The number of nitrogens with two attached hydrogens (primary N) is 1. The van der Waals surface area contributed by atoms with Crippen LogP contribution in [0.15, 0.2) is 0 Å². The van der Waals surface area contributed by atoms with Gasteiger partial charge in [-0.2, -0.15) is 11.8 Å². The van der Waals surface area contributed by atoms with Crippen LogP contribution in [0.2, 0.25) is 0 Å². The number of carbonyl (C=O) groups excluding carboxylic acids is 3. The van der Waals surface area contributed by atoms with Crippen molar-refractivity contribution < 1.29 is 34.5 Å². The van der Waals surface area contributed by atoms with Crippen LogP contribution in [0.5, 0.6) is 0 Å². The maximum Gasteiger partial charge on any atom is 0.326 e. The Bertz CT molecular complexity index is 604. The number of hydrogen-bond donors (Lipinski definition) is 6. The van der Waals surface area contributed by atoms with Gasteiger partial charge in [-0.05, 0) is 38.2 Å². The molecule has 1 heterocycles. The zero-order chi connectivity index (χ0) is 22.1. The molecule has 166 valence electrons. The lowest BCUT2D eigenvalue weighted by atomic mass is 10.1. The molecule has 5 atom stereocenters. The largest absolute Gasteiger partial charge is 0.480 e. The van der Waals surface area contributed by atoms with Crippen LogP contribution in [0.25, 0.3) is 0 Å². The van der Waals surface area contributed by atoms with Crippen LogP contribution in [0.1, 0.15) is 26.2 Å². The molecule has 1 aliphatic rings. The van der Waals surface area contributed by atoms with Crippen molar-refractivity contribution in [1.29, 1.82) is 0 Å².